The number of esters is 1. The van der Waals surface area contributed by atoms with E-state index in [9.17, 15) is 9.59 Å². The van der Waals surface area contributed by atoms with Gasteiger partial charge in [0.2, 0.25) is 5.91 Å². The van der Waals surface area contributed by atoms with Crippen LogP contribution < -0.4 is 0 Å². The van der Waals surface area contributed by atoms with Crippen molar-refractivity contribution in [1.29, 1.82) is 0 Å². The van der Waals surface area contributed by atoms with Crippen LogP contribution in [0.5, 0.6) is 0 Å². The molecular weight excluding hydrogens is 266 g/mol. The fourth-order valence-corrected chi connectivity index (χ4v) is 3.78. The normalized spacial score (nSPS) is 30.1. The van der Waals surface area contributed by atoms with Gasteiger partial charge in [0.05, 0.1) is 12.5 Å². The van der Waals surface area contributed by atoms with Gasteiger partial charge in [-0.2, -0.15) is 0 Å². The summed E-state index contributed by atoms with van der Waals surface area (Å²) in [5, 5.41) is 0. The van der Waals surface area contributed by atoms with E-state index in [1.165, 1.54) is 12.8 Å². The van der Waals surface area contributed by atoms with Crippen molar-refractivity contribution in [2.24, 2.45) is 11.8 Å². The van der Waals surface area contributed by atoms with Gasteiger partial charge in [-0.25, -0.2) is 0 Å². The minimum Gasteiger partial charge on any atom is -0.465 e. The zero-order chi connectivity index (χ0) is 14.7. The van der Waals surface area contributed by atoms with Crippen LogP contribution in [-0.4, -0.2) is 36.0 Å². The summed E-state index contributed by atoms with van der Waals surface area (Å²) in [7, 11) is 0. The average Bonchev–Trinajstić information content (AvgIpc) is 3.15. The Labute approximate surface area is 126 Å². The number of carbonyl (C=O) groups excluding carboxylic acids is 2. The van der Waals surface area contributed by atoms with Gasteiger partial charge in [-0.15, -0.1) is 0 Å². The molecule has 1 saturated carbocycles. The summed E-state index contributed by atoms with van der Waals surface area (Å²) in [6.07, 6.45) is 12.5. The van der Waals surface area contributed by atoms with Crippen LogP contribution in [0.2, 0.25) is 0 Å². The van der Waals surface area contributed by atoms with Gasteiger partial charge in [0.1, 0.15) is 0 Å². The molecule has 1 saturated heterocycles. The van der Waals surface area contributed by atoms with Crippen LogP contribution in [-0.2, 0) is 14.3 Å². The van der Waals surface area contributed by atoms with Gasteiger partial charge in [-0.1, -0.05) is 25.0 Å². The molecule has 1 aliphatic heterocycles. The Morgan fingerprint density at radius 2 is 2.05 bits per heavy atom. The second-order valence-corrected chi connectivity index (χ2v) is 6.67. The molecule has 4 heteroatoms. The Kier molecular flexibility index (Phi) is 4.61. The molecule has 21 heavy (non-hydrogen) atoms. The van der Waals surface area contributed by atoms with Crippen LogP contribution in [0.15, 0.2) is 12.2 Å². The summed E-state index contributed by atoms with van der Waals surface area (Å²) in [5.74, 6) is 0.196. The van der Waals surface area contributed by atoms with Gasteiger partial charge in [0.25, 0.3) is 0 Å². The lowest BCUT2D eigenvalue weighted by molar-refractivity contribution is -0.149. The molecule has 0 unspecified atom stereocenters. The third-order valence-electron chi connectivity index (χ3n) is 5.10. The maximum atomic E-state index is 12.2. The van der Waals surface area contributed by atoms with E-state index in [0.29, 0.717) is 31.5 Å². The average molecular weight is 291 g/mol. The molecule has 3 aliphatic rings. The molecule has 0 N–H and O–H groups in total. The standard InChI is InChI=1S/C17H25NO3/c19-16-10-14(11-18(16)15-8-4-5-9-15)17(20)21-12-13-6-2-1-3-7-13/h1-2,13-15H,3-12H2/t13-,14+/m1/s1. The molecule has 0 spiro atoms. The summed E-state index contributed by atoms with van der Waals surface area (Å²) in [6.45, 7) is 1.09. The Balaban J connectivity index is 1.46. The number of amides is 1. The van der Waals surface area contributed by atoms with Crippen molar-refractivity contribution in [2.75, 3.05) is 13.2 Å². The van der Waals surface area contributed by atoms with Crippen LogP contribution in [0.25, 0.3) is 0 Å². The first-order valence-corrected chi connectivity index (χ1v) is 8.35. The lowest BCUT2D eigenvalue weighted by Gasteiger charge is -2.24. The van der Waals surface area contributed by atoms with Gasteiger partial charge in [0.15, 0.2) is 0 Å². The molecule has 2 atom stereocenters. The van der Waals surface area contributed by atoms with Crippen LogP contribution in [0.3, 0.4) is 0 Å². The van der Waals surface area contributed by atoms with Crippen molar-refractivity contribution in [3.8, 4) is 0 Å². The maximum absolute atomic E-state index is 12.2. The quantitative estimate of drug-likeness (QED) is 0.591. The molecule has 2 fully saturated rings. The van der Waals surface area contributed by atoms with E-state index in [0.717, 1.165) is 32.1 Å². The molecule has 4 nitrogen and oxygen atoms in total. The van der Waals surface area contributed by atoms with E-state index in [1.54, 1.807) is 0 Å². The summed E-state index contributed by atoms with van der Waals surface area (Å²) < 4.78 is 5.47. The predicted molar refractivity (Wildman–Crippen MR) is 79.5 cm³/mol. The molecule has 2 aliphatic carbocycles. The van der Waals surface area contributed by atoms with Gasteiger partial charge >= 0.3 is 5.97 Å². The van der Waals surface area contributed by atoms with Crippen molar-refractivity contribution in [2.45, 2.75) is 57.4 Å². The lowest BCUT2D eigenvalue weighted by atomic mass is 9.95. The minimum absolute atomic E-state index is 0.143. The number of carbonyl (C=O) groups is 2. The smallest absolute Gasteiger partial charge is 0.311 e. The molecule has 0 aromatic carbocycles. The summed E-state index contributed by atoms with van der Waals surface area (Å²) in [6, 6.07) is 0.374. The highest BCUT2D eigenvalue weighted by atomic mass is 16.5. The predicted octanol–water partition coefficient (Wildman–Crippen LogP) is 2.68. The van der Waals surface area contributed by atoms with Crippen molar-refractivity contribution < 1.29 is 14.3 Å². The number of ether oxygens (including phenoxy) is 1. The third kappa shape index (κ3) is 3.47. The summed E-state index contributed by atoms with van der Waals surface area (Å²) in [4.78, 5) is 26.2. The fourth-order valence-electron chi connectivity index (χ4n) is 3.78. The van der Waals surface area contributed by atoms with E-state index in [4.69, 9.17) is 4.74 Å². The van der Waals surface area contributed by atoms with Crippen molar-refractivity contribution in [1.82, 2.24) is 4.90 Å². The molecular formula is C17H25NO3. The molecule has 0 radical (unpaired) electrons. The highest BCUT2D eigenvalue weighted by Gasteiger charge is 2.39. The fraction of sp³-hybridized carbons (Fsp3) is 0.765. The van der Waals surface area contributed by atoms with Crippen molar-refractivity contribution >= 4 is 11.9 Å². The first-order chi connectivity index (χ1) is 10.2. The molecule has 0 aromatic rings. The number of allylic oxidation sites excluding steroid dienone is 2. The van der Waals surface area contributed by atoms with E-state index in [-0.39, 0.29) is 17.8 Å². The summed E-state index contributed by atoms with van der Waals surface area (Å²) in [5.41, 5.74) is 0. The summed E-state index contributed by atoms with van der Waals surface area (Å²) >= 11 is 0. The van der Waals surface area contributed by atoms with Crippen LogP contribution in [0.4, 0.5) is 0 Å². The second-order valence-electron chi connectivity index (χ2n) is 6.67. The van der Waals surface area contributed by atoms with Crippen LogP contribution >= 0.6 is 0 Å². The van der Waals surface area contributed by atoms with Crippen LogP contribution in [0, 0.1) is 11.8 Å². The van der Waals surface area contributed by atoms with Crippen molar-refractivity contribution in [3.63, 3.8) is 0 Å². The SMILES string of the molecule is O=C(OC[C@@H]1CC=CCC1)[C@H]1CC(=O)N(C2CCCC2)C1. The number of rotatable bonds is 4. The molecule has 3 rings (SSSR count). The Bertz CT molecular complexity index is 426. The van der Waals surface area contributed by atoms with E-state index >= 15 is 0 Å². The molecule has 0 aromatic heterocycles. The monoisotopic (exact) mass is 291 g/mol. The highest BCUT2D eigenvalue weighted by molar-refractivity contribution is 5.87. The molecule has 0 bridgehead atoms. The first kappa shape index (κ1) is 14.6. The minimum atomic E-state index is -0.239. The maximum Gasteiger partial charge on any atom is 0.311 e. The van der Waals surface area contributed by atoms with Gasteiger partial charge in [0, 0.05) is 19.0 Å². The number of hydrogen-bond acceptors (Lipinski definition) is 3. The zero-order valence-corrected chi connectivity index (χ0v) is 12.6. The first-order valence-electron chi connectivity index (χ1n) is 8.35. The van der Waals surface area contributed by atoms with E-state index in [1.807, 2.05) is 4.90 Å². The molecule has 1 amide bonds. The van der Waals surface area contributed by atoms with E-state index < -0.39 is 0 Å². The zero-order valence-electron chi connectivity index (χ0n) is 12.6. The third-order valence-corrected chi connectivity index (χ3v) is 5.10. The largest absolute Gasteiger partial charge is 0.465 e. The van der Waals surface area contributed by atoms with E-state index in [2.05, 4.69) is 12.2 Å². The second kappa shape index (κ2) is 6.63. The van der Waals surface area contributed by atoms with Crippen LogP contribution in [0.1, 0.15) is 51.4 Å². The number of nitrogens with zero attached hydrogens (tertiary/aromatic N) is 1. The van der Waals surface area contributed by atoms with Crippen molar-refractivity contribution in [3.05, 3.63) is 12.2 Å². The Hall–Kier alpha value is -1.32. The molecule has 116 valence electrons. The van der Waals surface area contributed by atoms with Gasteiger partial charge in [-0.05, 0) is 38.0 Å². The lowest BCUT2D eigenvalue weighted by Crippen LogP contribution is -2.35. The Morgan fingerprint density at radius 3 is 2.76 bits per heavy atom. The number of likely N-dealkylation sites (tertiary alicyclic amines) is 1. The highest BCUT2D eigenvalue weighted by Crippen LogP contribution is 2.30. The van der Waals surface area contributed by atoms with Gasteiger partial charge < -0.3 is 9.64 Å². The van der Waals surface area contributed by atoms with Gasteiger partial charge in [-0.3, -0.25) is 9.59 Å². The Morgan fingerprint density at radius 1 is 1.24 bits per heavy atom. The molecule has 1 heterocycles. The topological polar surface area (TPSA) is 46.6 Å². The number of hydrogen-bond donors (Lipinski definition) is 0.